The SMILES string of the molecule is NCCCCC(NC(=O)C(Cc1ccc(O)cc1)NC(=O)C(CO)NC(=O)C1CCCN1)C(=O)O. The summed E-state index contributed by atoms with van der Waals surface area (Å²) in [7, 11) is 0. The number of aliphatic hydroxyl groups is 1. The van der Waals surface area contributed by atoms with Gasteiger partial charge in [0.2, 0.25) is 17.7 Å². The largest absolute Gasteiger partial charge is 0.508 e. The minimum Gasteiger partial charge on any atom is -0.508 e. The molecule has 0 spiro atoms. The van der Waals surface area contributed by atoms with E-state index in [4.69, 9.17) is 5.73 Å². The molecule has 12 heteroatoms. The number of aromatic hydroxyl groups is 1. The number of carboxylic acid groups (broad SMARTS) is 1. The molecule has 12 nitrogen and oxygen atoms in total. The van der Waals surface area contributed by atoms with E-state index in [1.807, 2.05) is 0 Å². The summed E-state index contributed by atoms with van der Waals surface area (Å²) in [5, 5.41) is 39.1. The molecule has 0 aliphatic carbocycles. The van der Waals surface area contributed by atoms with Gasteiger partial charge in [0.15, 0.2) is 0 Å². The van der Waals surface area contributed by atoms with Gasteiger partial charge in [-0.1, -0.05) is 12.1 Å². The third kappa shape index (κ3) is 9.15. The van der Waals surface area contributed by atoms with E-state index in [0.717, 1.165) is 6.42 Å². The van der Waals surface area contributed by atoms with Gasteiger partial charge in [-0.25, -0.2) is 4.79 Å². The second-order valence-electron chi connectivity index (χ2n) is 8.51. The molecule has 2 rings (SSSR count). The number of carbonyl (C=O) groups excluding carboxylic acids is 3. The summed E-state index contributed by atoms with van der Waals surface area (Å²) in [5.74, 6) is -3.13. The Morgan fingerprint density at radius 2 is 1.66 bits per heavy atom. The zero-order valence-corrected chi connectivity index (χ0v) is 19.5. The number of phenols is 1. The van der Waals surface area contributed by atoms with Crippen LogP contribution in [0.4, 0.5) is 0 Å². The standard InChI is InChI=1S/C23H35N5O7/c24-10-2-1-4-17(23(34)35)26-21(32)18(12-14-6-8-15(30)9-7-14)27-22(33)19(13-29)28-20(31)16-5-3-11-25-16/h6-9,16-19,25,29-30H,1-5,10-13,24H2,(H,26,32)(H,27,33)(H,28,31)(H,34,35). The Bertz CT molecular complexity index is 858. The van der Waals surface area contributed by atoms with Gasteiger partial charge in [0, 0.05) is 6.42 Å². The van der Waals surface area contributed by atoms with Crippen LogP contribution in [-0.2, 0) is 25.6 Å². The lowest BCUT2D eigenvalue weighted by Crippen LogP contribution is -2.58. The molecule has 1 aliphatic heterocycles. The van der Waals surface area contributed by atoms with Crippen molar-refractivity contribution >= 4 is 23.7 Å². The highest BCUT2D eigenvalue weighted by molar-refractivity contribution is 5.94. The van der Waals surface area contributed by atoms with Crippen LogP contribution in [0.1, 0.15) is 37.7 Å². The Labute approximate surface area is 203 Å². The average molecular weight is 494 g/mol. The topological polar surface area (TPSA) is 203 Å². The van der Waals surface area contributed by atoms with Gasteiger partial charge in [0.05, 0.1) is 12.6 Å². The third-order valence-electron chi connectivity index (χ3n) is 5.76. The monoisotopic (exact) mass is 493 g/mol. The molecule has 1 aliphatic rings. The van der Waals surface area contributed by atoms with Gasteiger partial charge in [-0.05, 0) is 62.9 Å². The maximum Gasteiger partial charge on any atom is 0.326 e. The second-order valence-corrected chi connectivity index (χ2v) is 8.51. The van der Waals surface area contributed by atoms with Gasteiger partial charge in [-0.15, -0.1) is 0 Å². The molecule has 0 bridgehead atoms. The van der Waals surface area contributed by atoms with Crippen LogP contribution < -0.4 is 27.0 Å². The van der Waals surface area contributed by atoms with Gasteiger partial charge in [0.25, 0.3) is 0 Å². The number of rotatable bonds is 14. The normalized spacial score (nSPS) is 17.7. The highest BCUT2D eigenvalue weighted by atomic mass is 16.4. The van der Waals surface area contributed by atoms with Crippen molar-refractivity contribution < 1.29 is 34.5 Å². The zero-order valence-electron chi connectivity index (χ0n) is 19.5. The molecule has 1 saturated heterocycles. The number of hydrogen-bond donors (Lipinski definition) is 8. The molecule has 0 saturated carbocycles. The highest BCUT2D eigenvalue weighted by Crippen LogP contribution is 2.12. The summed E-state index contributed by atoms with van der Waals surface area (Å²) >= 11 is 0. The molecule has 0 aromatic heterocycles. The predicted molar refractivity (Wildman–Crippen MR) is 126 cm³/mol. The van der Waals surface area contributed by atoms with Crippen LogP contribution in [0.2, 0.25) is 0 Å². The molecule has 35 heavy (non-hydrogen) atoms. The lowest BCUT2D eigenvalue weighted by Gasteiger charge is -2.24. The first-order valence-corrected chi connectivity index (χ1v) is 11.7. The van der Waals surface area contributed by atoms with E-state index in [1.165, 1.54) is 12.1 Å². The number of aliphatic hydroxyl groups excluding tert-OH is 1. The van der Waals surface area contributed by atoms with E-state index >= 15 is 0 Å². The smallest absolute Gasteiger partial charge is 0.326 e. The first-order valence-electron chi connectivity index (χ1n) is 11.7. The maximum atomic E-state index is 13.0. The van der Waals surface area contributed by atoms with Crippen LogP contribution in [-0.4, -0.2) is 82.9 Å². The third-order valence-corrected chi connectivity index (χ3v) is 5.76. The fourth-order valence-corrected chi connectivity index (χ4v) is 3.75. The number of carboxylic acids is 1. The Morgan fingerprint density at radius 1 is 1.00 bits per heavy atom. The molecule has 1 aromatic rings. The summed E-state index contributed by atoms with van der Waals surface area (Å²) in [6, 6.07) is 1.85. The van der Waals surface area contributed by atoms with Crippen molar-refractivity contribution in [3.8, 4) is 5.75 Å². The molecule has 1 fully saturated rings. The number of hydrogen-bond acceptors (Lipinski definition) is 8. The number of unbranched alkanes of at least 4 members (excludes halogenated alkanes) is 1. The van der Waals surface area contributed by atoms with Crippen molar-refractivity contribution in [1.29, 1.82) is 0 Å². The van der Waals surface area contributed by atoms with Crippen molar-refractivity contribution in [2.24, 2.45) is 5.73 Å². The number of aliphatic carboxylic acids is 1. The van der Waals surface area contributed by atoms with Crippen LogP contribution >= 0.6 is 0 Å². The van der Waals surface area contributed by atoms with Crippen molar-refractivity contribution in [2.45, 2.75) is 62.7 Å². The number of amides is 3. The van der Waals surface area contributed by atoms with Crippen molar-refractivity contribution in [2.75, 3.05) is 19.7 Å². The molecule has 0 radical (unpaired) electrons. The van der Waals surface area contributed by atoms with Crippen LogP contribution in [0.25, 0.3) is 0 Å². The lowest BCUT2D eigenvalue weighted by molar-refractivity contribution is -0.142. The first kappa shape index (κ1) is 28.0. The highest BCUT2D eigenvalue weighted by Gasteiger charge is 2.31. The molecule has 1 heterocycles. The maximum absolute atomic E-state index is 13.0. The first-order chi connectivity index (χ1) is 16.7. The minimum absolute atomic E-state index is 0.0106. The quantitative estimate of drug-likeness (QED) is 0.140. The van der Waals surface area contributed by atoms with E-state index in [-0.39, 0.29) is 18.6 Å². The van der Waals surface area contributed by atoms with Crippen molar-refractivity contribution in [3.63, 3.8) is 0 Å². The number of benzene rings is 1. The van der Waals surface area contributed by atoms with Crippen LogP contribution in [0.3, 0.4) is 0 Å². The summed E-state index contributed by atoms with van der Waals surface area (Å²) < 4.78 is 0. The van der Waals surface area contributed by atoms with Crippen molar-refractivity contribution in [3.05, 3.63) is 29.8 Å². The second kappa shape index (κ2) is 14.2. The molecule has 194 valence electrons. The summed E-state index contributed by atoms with van der Waals surface area (Å²) in [6.45, 7) is 0.387. The molecular weight excluding hydrogens is 458 g/mol. The van der Waals surface area contributed by atoms with E-state index in [0.29, 0.717) is 37.9 Å². The molecule has 3 amide bonds. The molecular formula is C23H35N5O7. The van der Waals surface area contributed by atoms with Gasteiger partial charge >= 0.3 is 5.97 Å². The van der Waals surface area contributed by atoms with E-state index in [1.54, 1.807) is 12.1 Å². The summed E-state index contributed by atoms with van der Waals surface area (Å²) in [4.78, 5) is 49.9. The Balaban J connectivity index is 2.12. The fraction of sp³-hybridized carbons (Fsp3) is 0.565. The van der Waals surface area contributed by atoms with E-state index < -0.39 is 54.5 Å². The summed E-state index contributed by atoms with van der Waals surface area (Å²) in [5.41, 5.74) is 6.05. The van der Waals surface area contributed by atoms with Crippen LogP contribution in [0.15, 0.2) is 24.3 Å². The Kier molecular flexibility index (Phi) is 11.4. The Morgan fingerprint density at radius 3 is 2.23 bits per heavy atom. The average Bonchev–Trinajstić information content (AvgIpc) is 3.37. The number of phenolic OH excluding ortho intramolecular Hbond substituents is 1. The van der Waals surface area contributed by atoms with Crippen molar-refractivity contribution in [1.82, 2.24) is 21.3 Å². The van der Waals surface area contributed by atoms with Gasteiger partial charge in [0.1, 0.15) is 23.9 Å². The van der Waals surface area contributed by atoms with Crippen LogP contribution in [0.5, 0.6) is 5.75 Å². The fourth-order valence-electron chi connectivity index (χ4n) is 3.75. The van der Waals surface area contributed by atoms with E-state index in [2.05, 4.69) is 21.3 Å². The number of nitrogens with two attached hydrogens (primary N) is 1. The molecule has 9 N–H and O–H groups in total. The minimum atomic E-state index is -1.29. The van der Waals surface area contributed by atoms with Gasteiger partial charge < -0.3 is 42.3 Å². The van der Waals surface area contributed by atoms with Gasteiger partial charge in [-0.3, -0.25) is 14.4 Å². The zero-order chi connectivity index (χ0) is 25.8. The predicted octanol–water partition coefficient (Wildman–Crippen LogP) is -1.65. The molecule has 4 unspecified atom stereocenters. The summed E-state index contributed by atoms with van der Waals surface area (Å²) in [6.07, 6.45) is 2.68. The van der Waals surface area contributed by atoms with E-state index in [9.17, 15) is 34.5 Å². The van der Waals surface area contributed by atoms with Crippen LogP contribution in [0, 0.1) is 0 Å². The number of carbonyl (C=O) groups is 4. The Hall–Kier alpha value is -3.22. The molecule has 4 atom stereocenters. The number of nitrogens with one attached hydrogen (secondary N) is 4. The molecule has 1 aromatic carbocycles. The van der Waals surface area contributed by atoms with Gasteiger partial charge in [-0.2, -0.15) is 0 Å². The lowest BCUT2D eigenvalue weighted by atomic mass is 10.0.